The first kappa shape index (κ1) is 19.5. The maximum atomic E-state index is 13.1. The van der Waals surface area contributed by atoms with Gasteiger partial charge in [0.25, 0.3) is 11.8 Å². The number of carbonyl (C=O) groups excluding carboxylic acids is 3. The van der Waals surface area contributed by atoms with Crippen molar-refractivity contribution in [3.63, 3.8) is 0 Å². The molecule has 1 fully saturated rings. The van der Waals surface area contributed by atoms with Crippen LogP contribution < -0.4 is 10.2 Å². The number of hydrogen-bond donors (Lipinski definition) is 1. The third-order valence-corrected chi connectivity index (χ3v) is 5.48. The van der Waals surface area contributed by atoms with Crippen LogP contribution in [-0.2, 0) is 9.59 Å². The van der Waals surface area contributed by atoms with Crippen molar-refractivity contribution in [3.05, 3.63) is 102 Å². The number of benzene rings is 3. The van der Waals surface area contributed by atoms with Crippen molar-refractivity contribution in [2.45, 2.75) is 6.92 Å². The van der Waals surface area contributed by atoms with Gasteiger partial charge in [0.05, 0.1) is 5.69 Å². The first-order valence-electron chi connectivity index (χ1n) is 10.2. The molecule has 1 aliphatic heterocycles. The molecule has 6 heteroatoms. The molecule has 3 aromatic carbocycles. The molecule has 4 aromatic rings. The summed E-state index contributed by atoms with van der Waals surface area (Å²) in [5.41, 5.74) is 2.85. The highest BCUT2D eigenvalue weighted by atomic mass is 16.2. The lowest BCUT2D eigenvalue weighted by atomic mass is 10.1. The number of hydrogen-bond acceptors (Lipinski definition) is 3. The highest BCUT2D eigenvalue weighted by Gasteiger charge is 2.36. The van der Waals surface area contributed by atoms with E-state index in [1.165, 1.54) is 6.08 Å². The summed E-state index contributed by atoms with van der Waals surface area (Å²) in [6.45, 7) is 1.91. The van der Waals surface area contributed by atoms with Crippen LogP contribution in [0.1, 0.15) is 11.3 Å². The zero-order chi connectivity index (χ0) is 22.2. The van der Waals surface area contributed by atoms with Crippen molar-refractivity contribution in [2.75, 3.05) is 4.90 Å². The maximum Gasteiger partial charge on any atom is 0.335 e. The van der Waals surface area contributed by atoms with Gasteiger partial charge in [-0.25, -0.2) is 9.69 Å². The number of carbonyl (C=O) groups is 3. The summed E-state index contributed by atoms with van der Waals surface area (Å²) in [5, 5.41) is 4.47. The van der Waals surface area contributed by atoms with E-state index in [2.05, 4.69) is 5.32 Å². The molecular formula is C26H19N3O3. The largest absolute Gasteiger partial charge is 0.335 e. The lowest BCUT2D eigenvalue weighted by Crippen LogP contribution is -2.54. The van der Waals surface area contributed by atoms with Crippen molar-refractivity contribution in [3.8, 4) is 5.69 Å². The molecule has 32 heavy (non-hydrogen) atoms. The summed E-state index contributed by atoms with van der Waals surface area (Å²) in [4.78, 5) is 39.1. The van der Waals surface area contributed by atoms with Crippen molar-refractivity contribution >= 4 is 40.4 Å². The summed E-state index contributed by atoms with van der Waals surface area (Å²) >= 11 is 0. The molecule has 0 bridgehead atoms. The minimum Gasteiger partial charge on any atom is -0.317 e. The van der Waals surface area contributed by atoms with Gasteiger partial charge in [0, 0.05) is 17.6 Å². The minimum absolute atomic E-state index is 0.106. The molecule has 0 aliphatic carbocycles. The number of rotatable bonds is 3. The van der Waals surface area contributed by atoms with Crippen LogP contribution in [0.4, 0.5) is 10.5 Å². The smallest absolute Gasteiger partial charge is 0.317 e. The average Bonchev–Trinajstić information content (AvgIpc) is 3.26. The van der Waals surface area contributed by atoms with Gasteiger partial charge < -0.3 is 4.57 Å². The second kappa shape index (κ2) is 7.67. The van der Waals surface area contributed by atoms with E-state index in [1.807, 2.05) is 72.3 Å². The molecule has 2 heterocycles. The number of amides is 4. The number of fused-ring (bicyclic) bond motifs is 1. The maximum absolute atomic E-state index is 13.1. The fourth-order valence-corrected chi connectivity index (χ4v) is 3.81. The van der Waals surface area contributed by atoms with Gasteiger partial charge in [-0.3, -0.25) is 14.9 Å². The average molecular weight is 421 g/mol. The van der Waals surface area contributed by atoms with Gasteiger partial charge in [-0.15, -0.1) is 0 Å². The van der Waals surface area contributed by atoms with Gasteiger partial charge in [-0.05, 0) is 60.2 Å². The van der Waals surface area contributed by atoms with Gasteiger partial charge in [-0.1, -0.05) is 48.0 Å². The molecule has 6 nitrogen and oxygen atoms in total. The van der Waals surface area contributed by atoms with Crippen LogP contribution in [-0.4, -0.2) is 22.4 Å². The number of barbiturate groups is 1. The zero-order valence-corrected chi connectivity index (χ0v) is 17.3. The molecule has 5 rings (SSSR count). The standard InChI is InChI=1S/C26H19N3O3/c1-17-8-11-20(12-9-17)29-25(31)23(24(30)27-26(29)32)16-21-7-4-14-28(21)22-13-10-18-5-2-3-6-19(18)15-22/h2-16H,1H3,(H,27,30,32)/b23-16+. The molecule has 1 aliphatic rings. The predicted octanol–water partition coefficient (Wildman–Crippen LogP) is 4.61. The molecule has 1 aromatic heterocycles. The first-order valence-corrected chi connectivity index (χ1v) is 10.2. The van der Waals surface area contributed by atoms with Crippen LogP contribution >= 0.6 is 0 Å². The summed E-state index contributed by atoms with van der Waals surface area (Å²) in [5.74, 6) is -1.37. The van der Waals surface area contributed by atoms with Gasteiger partial charge in [0.2, 0.25) is 0 Å². The zero-order valence-electron chi connectivity index (χ0n) is 17.3. The molecule has 156 valence electrons. The Kier molecular flexibility index (Phi) is 4.67. The Balaban J connectivity index is 1.55. The van der Waals surface area contributed by atoms with Crippen LogP contribution in [0.3, 0.4) is 0 Å². The lowest BCUT2D eigenvalue weighted by molar-refractivity contribution is -0.122. The number of aromatic nitrogens is 1. The van der Waals surface area contributed by atoms with Crippen molar-refractivity contribution in [1.29, 1.82) is 0 Å². The second-order valence-electron chi connectivity index (χ2n) is 7.63. The fourth-order valence-electron chi connectivity index (χ4n) is 3.81. The summed E-state index contributed by atoms with van der Waals surface area (Å²) < 4.78 is 1.90. The van der Waals surface area contributed by atoms with Crippen molar-refractivity contribution in [2.24, 2.45) is 0 Å². The van der Waals surface area contributed by atoms with Crippen LogP contribution in [0.25, 0.3) is 22.5 Å². The molecule has 0 atom stereocenters. The van der Waals surface area contributed by atoms with Crippen LogP contribution in [0.5, 0.6) is 0 Å². The monoisotopic (exact) mass is 421 g/mol. The molecule has 0 saturated carbocycles. The van der Waals surface area contributed by atoms with E-state index in [0.717, 1.165) is 26.9 Å². The molecule has 0 radical (unpaired) electrons. The Morgan fingerprint density at radius 2 is 1.50 bits per heavy atom. The van der Waals surface area contributed by atoms with E-state index in [-0.39, 0.29) is 5.57 Å². The quantitative estimate of drug-likeness (QED) is 0.388. The van der Waals surface area contributed by atoms with Crippen molar-refractivity contribution in [1.82, 2.24) is 9.88 Å². The fraction of sp³-hybridized carbons (Fsp3) is 0.0385. The molecule has 1 N–H and O–H groups in total. The van der Waals surface area contributed by atoms with E-state index in [4.69, 9.17) is 0 Å². The molecule has 0 spiro atoms. The number of nitrogens with zero attached hydrogens (tertiary/aromatic N) is 2. The molecule has 0 unspecified atom stereocenters. The third-order valence-electron chi connectivity index (χ3n) is 5.48. The highest BCUT2D eigenvalue weighted by Crippen LogP contribution is 2.24. The number of urea groups is 1. The number of aryl methyl sites for hydroxylation is 1. The van der Waals surface area contributed by atoms with Gasteiger partial charge in [0.1, 0.15) is 5.57 Å². The summed E-state index contributed by atoms with van der Waals surface area (Å²) in [7, 11) is 0. The first-order chi connectivity index (χ1) is 15.5. The van der Waals surface area contributed by atoms with Crippen LogP contribution in [0.15, 0.2) is 90.6 Å². The number of nitrogens with one attached hydrogen (secondary N) is 1. The summed E-state index contributed by atoms with van der Waals surface area (Å²) in [6, 6.07) is 24.0. The van der Waals surface area contributed by atoms with E-state index >= 15 is 0 Å². The van der Waals surface area contributed by atoms with Gasteiger partial charge in [0.15, 0.2) is 0 Å². The number of imide groups is 2. The Morgan fingerprint density at radius 1 is 0.781 bits per heavy atom. The molecular weight excluding hydrogens is 402 g/mol. The number of anilines is 1. The Labute approximate surface area is 184 Å². The van der Waals surface area contributed by atoms with Crippen molar-refractivity contribution < 1.29 is 14.4 Å². The SMILES string of the molecule is Cc1ccc(N2C(=O)NC(=O)/C(=C\c3cccn3-c3ccc4ccccc4c3)C2=O)cc1. The van der Waals surface area contributed by atoms with E-state index in [0.29, 0.717) is 11.4 Å². The van der Waals surface area contributed by atoms with E-state index < -0.39 is 17.8 Å². The van der Waals surface area contributed by atoms with Crippen LogP contribution in [0.2, 0.25) is 0 Å². The third kappa shape index (κ3) is 3.37. The minimum atomic E-state index is -0.758. The normalized spacial score (nSPS) is 15.5. The van der Waals surface area contributed by atoms with Gasteiger partial charge >= 0.3 is 6.03 Å². The Hall–Kier alpha value is -4.45. The lowest BCUT2D eigenvalue weighted by Gasteiger charge is -2.26. The van der Waals surface area contributed by atoms with E-state index in [1.54, 1.807) is 24.3 Å². The van der Waals surface area contributed by atoms with E-state index in [9.17, 15) is 14.4 Å². The topological polar surface area (TPSA) is 71.4 Å². The highest BCUT2D eigenvalue weighted by molar-refractivity contribution is 6.39. The Morgan fingerprint density at radius 3 is 2.28 bits per heavy atom. The van der Waals surface area contributed by atoms with Crippen LogP contribution in [0, 0.1) is 6.92 Å². The Bertz CT molecular complexity index is 1410. The summed E-state index contributed by atoms with van der Waals surface area (Å²) in [6.07, 6.45) is 3.38. The molecule has 1 saturated heterocycles. The second-order valence-corrected chi connectivity index (χ2v) is 7.63. The molecule has 4 amide bonds. The van der Waals surface area contributed by atoms with Gasteiger partial charge in [-0.2, -0.15) is 0 Å². The predicted molar refractivity (Wildman–Crippen MR) is 123 cm³/mol.